The first kappa shape index (κ1) is 9.19. The van der Waals surface area contributed by atoms with E-state index in [9.17, 15) is 9.18 Å². The van der Waals surface area contributed by atoms with Crippen LogP contribution in [0.25, 0.3) is 0 Å². The molecule has 0 aromatic heterocycles. The summed E-state index contributed by atoms with van der Waals surface area (Å²) in [5.74, 6) is -0.572. The van der Waals surface area contributed by atoms with Crippen LogP contribution in [0.5, 0.6) is 0 Å². The lowest BCUT2D eigenvalue weighted by Gasteiger charge is -2.27. The van der Waals surface area contributed by atoms with Gasteiger partial charge in [-0.2, -0.15) is 0 Å². The van der Waals surface area contributed by atoms with E-state index < -0.39 is 5.82 Å². The molecule has 0 unspecified atom stereocenters. The molecule has 0 bridgehead atoms. The number of likely N-dealkylation sites (N-methyl/N-ethyl adjacent to an activating group) is 1. The van der Waals surface area contributed by atoms with Gasteiger partial charge in [-0.25, -0.2) is 4.39 Å². The highest BCUT2D eigenvalue weighted by Crippen LogP contribution is 2.21. The maximum absolute atomic E-state index is 13.4. The van der Waals surface area contributed by atoms with E-state index in [1.165, 1.54) is 6.07 Å². The summed E-state index contributed by atoms with van der Waals surface area (Å²) in [6.45, 7) is 3.25. The van der Waals surface area contributed by atoms with Gasteiger partial charge in [0.2, 0.25) is 0 Å². The van der Waals surface area contributed by atoms with Crippen molar-refractivity contribution in [1.82, 2.24) is 4.90 Å². The molecule has 0 radical (unpaired) electrons. The summed E-state index contributed by atoms with van der Waals surface area (Å²) in [5.41, 5.74) is 1.10. The number of carbonyl (C=O) groups excluding carboxylic acids is 1. The molecule has 0 saturated heterocycles. The molecule has 3 heteroatoms. The fourth-order valence-electron chi connectivity index (χ4n) is 1.83. The minimum atomic E-state index is -0.398. The number of fused-ring (bicyclic) bond motifs is 1. The number of nitrogens with zero attached hydrogens (tertiary/aromatic N) is 1. The second-order valence-corrected chi connectivity index (χ2v) is 3.41. The molecule has 0 saturated carbocycles. The molecule has 1 heterocycles. The van der Waals surface area contributed by atoms with E-state index in [0.717, 1.165) is 12.0 Å². The van der Waals surface area contributed by atoms with E-state index in [2.05, 4.69) is 0 Å². The zero-order valence-corrected chi connectivity index (χ0v) is 8.09. The Bertz CT molecular complexity index is 376. The monoisotopic (exact) mass is 193 g/mol. The number of benzene rings is 1. The topological polar surface area (TPSA) is 20.3 Å². The van der Waals surface area contributed by atoms with E-state index in [-0.39, 0.29) is 11.5 Å². The van der Waals surface area contributed by atoms with Crippen LogP contribution < -0.4 is 0 Å². The Morgan fingerprint density at radius 3 is 3.00 bits per heavy atom. The molecule has 2 rings (SSSR count). The molecule has 1 aromatic carbocycles. The van der Waals surface area contributed by atoms with Crippen LogP contribution in [0.4, 0.5) is 4.39 Å². The average molecular weight is 193 g/mol. The largest absolute Gasteiger partial charge is 0.338 e. The Morgan fingerprint density at radius 2 is 2.29 bits per heavy atom. The zero-order chi connectivity index (χ0) is 10.1. The van der Waals surface area contributed by atoms with Gasteiger partial charge in [0.15, 0.2) is 0 Å². The van der Waals surface area contributed by atoms with Gasteiger partial charge >= 0.3 is 0 Å². The molecule has 0 fully saturated rings. The first-order valence-electron chi connectivity index (χ1n) is 4.80. The molecule has 74 valence electrons. The molecule has 1 amide bonds. The molecule has 0 N–H and O–H groups in total. The third-order valence-corrected chi connectivity index (χ3v) is 2.63. The molecular weight excluding hydrogens is 181 g/mol. The zero-order valence-electron chi connectivity index (χ0n) is 8.09. The van der Waals surface area contributed by atoms with Gasteiger partial charge in [-0.15, -0.1) is 0 Å². The van der Waals surface area contributed by atoms with Crippen LogP contribution in [0.3, 0.4) is 0 Å². The standard InChI is InChI=1S/C11H12FNO/c1-2-13-7-6-8-4-3-5-9(12)10(8)11(13)14/h3-5H,2,6-7H2,1H3. The van der Waals surface area contributed by atoms with Crippen LogP contribution in [0.15, 0.2) is 18.2 Å². The first-order chi connectivity index (χ1) is 6.74. The van der Waals surface area contributed by atoms with Crippen molar-refractivity contribution in [2.24, 2.45) is 0 Å². The molecule has 1 aliphatic heterocycles. The van der Waals surface area contributed by atoms with Crippen molar-refractivity contribution in [1.29, 1.82) is 0 Å². The van der Waals surface area contributed by atoms with Gasteiger partial charge in [0.1, 0.15) is 5.82 Å². The highest BCUT2D eigenvalue weighted by Gasteiger charge is 2.25. The van der Waals surface area contributed by atoms with Crippen molar-refractivity contribution >= 4 is 5.91 Å². The Balaban J connectivity index is 2.48. The van der Waals surface area contributed by atoms with Crippen LogP contribution in [0, 0.1) is 5.82 Å². The first-order valence-corrected chi connectivity index (χ1v) is 4.80. The summed E-state index contributed by atoms with van der Waals surface area (Å²) in [7, 11) is 0. The van der Waals surface area contributed by atoms with Crippen molar-refractivity contribution in [2.45, 2.75) is 13.3 Å². The third kappa shape index (κ3) is 1.29. The minimum Gasteiger partial charge on any atom is -0.338 e. The lowest BCUT2D eigenvalue weighted by atomic mass is 9.98. The summed E-state index contributed by atoms with van der Waals surface area (Å²) >= 11 is 0. The van der Waals surface area contributed by atoms with Crippen LogP contribution >= 0.6 is 0 Å². The minimum absolute atomic E-state index is 0.174. The number of rotatable bonds is 1. The Labute approximate surface area is 82.3 Å². The Hall–Kier alpha value is -1.38. The highest BCUT2D eigenvalue weighted by molar-refractivity contribution is 5.97. The van der Waals surface area contributed by atoms with Crippen LogP contribution in [-0.4, -0.2) is 23.9 Å². The maximum atomic E-state index is 13.4. The van der Waals surface area contributed by atoms with Crippen molar-refractivity contribution < 1.29 is 9.18 Å². The van der Waals surface area contributed by atoms with Gasteiger partial charge in [0, 0.05) is 13.1 Å². The van der Waals surface area contributed by atoms with Crippen LogP contribution in [-0.2, 0) is 6.42 Å². The van der Waals surface area contributed by atoms with Gasteiger partial charge in [-0.05, 0) is 25.0 Å². The molecule has 1 aromatic rings. The van der Waals surface area contributed by atoms with Gasteiger partial charge < -0.3 is 4.90 Å². The fraction of sp³-hybridized carbons (Fsp3) is 0.364. The van der Waals surface area contributed by atoms with E-state index in [1.54, 1.807) is 11.0 Å². The van der Waals surface area contributed by atoms with Crippen LogP contribution in [0.2, 0.25) is 0 Å². The normalized spacial score (nSPS) is 15.6. The second-order valence-electron chi connectivity index (χ2n) is 3.41. The molecule has 0 aliphatic carbocycles. The summed E-state index contributed by atoms with van der Waals surface area (Å²) < 4.78 is 13.4. The summed E-state index contributed by atoms with van der Waals surface area (Å²) in [6.07, 6.45) is 0.757. The third-order valence-electron chi connectivity index (χ3n) is 2.63. The van der Waals surface area contributed by atoms with Crippen molar-refractivity contribution in [3.63, 3.8) is 0 Å². The lowest BCUT2D eigenvalue weighted by Crippen LogP contribution is -2.37. The van der Waals surface area contributed by atoms with Gasteiger partial charge in [-0.1, -0.05) is 12.1 Å². The maximum Gasteiger partial charge on any atom is 0.257 e. The van der Waals surface area contributed by atoms with E-state index in [1.807, 2.05) is 13.0 Å². The molecule has 0 atom stereocenters. The van der Waals surface area contributed by atoms with E-state index >= 15 is 0 Å². The predicted octanol–water partition coefficient (Wildman–Crippen LogP) is 1.84. The second kappa shape index (κ2) is 3.40. The predicted molar refractivity (Wildman–Crippen MR) is 51.7 cm³/mol. The quantitative estimate of drug-likeness (QED) is 0.666. The number of halogens is 1. The molecule has 1 aliphatic rings. The summed E-state index contributed by atoms with van der Waals surface area (Å²) in [6, 6.07) is 4.82. The number of carbonyl (C=O) groups is 1. The highest BCUT2D eigenvalue weighted by atomic mass is 19.1. The number of hydrogen-bond acceptors (Lipinski definition) is 1. The SMILES string of the molecule is CCN1CCc2cccc(F)c2C1=O. The van der Waals surface area contributed by atoms with Crippen molar-refractivity contribution in [3.8, 4) is 0 Å². The molecular formula is C11H12FNO. The molecule has 2 nitrogen and oxygen atoms in total. The van der Waals surface area contributed by atoms with Crippen molar-refractivity contribution in [2.75, 3.05) is 13.1 Å². The average Bonchev–Trinajstić information content (AvgIpc) is 2.18. The van der Waals surface area contributed by atoms with Gasteiger partial charge in [0.25, 0.3) is 5.91 Å². The van der Waals surface area contributed by atoms with Gasteiger partial charge in [-0.3, -0.25) is 4.79 Å². The summed E-state index contributed by atoms with van der Waals surface area (Å²) in [4.78, 5) is 13.4. The van der Waals surface area contributed by atoms with Gasteiger partial charge in [0.05, 0.1) is 5.56 Å². The van der Waals surface area contributed by atoms with Crippen molar-refractivity contribution in [3.05, 3.63) is 35.1 Å². The lowest BCUT2D eigenvalue weighted by molar-refractivity contribution is 0.0743. The number of hydrogen-bond donors (Lipinski definition) is 0. The van der Waals surface area contributed by atoms with E-state index in [0.29, 0.717) is 13.1 Å². The summed E-state index contributed by atoms with van der Waals surface area (Å²) in [5, 5.41) is 0. The smallest absolute Gasteiger partial charge is 0.257 e. The number of amides is 1. The molecule has 0 spiro atoms. The Kier molecular flexibility index (Phi) is 2.23. The van der Waals surface area contributed by atoms with Crippen LogP contribution in [0.1, 0.15) is 22.8 Å². The van der Waals surface area contributed by atoms with E-state index in [4.69, 9.17) is 0 Å². The fourth-order valence-corrected chi connectivity index (χ4v) is 1.83. The Morgan fingerprint density at radius 1 is 1.50 bits per heavy atom. The molecule has 14 heavy (non-hydrogen) atoms.